The highest BCUT2D eigenvalue weighted by molar-refractivity contribution is 6.33. The summed E-state index contributed by atoms with van der Waals surface area (Å²) in [5.41, 5.74) is -0.319. The Morgan fingerprint density at radius 3 is 2.53 bits per heavy atom. The van der Waals surface area contributed by atoms with Crippen LogP contribution in [0.3, 0.4) is 0 Å². The van der Waals surface area contributed by atoms with E-state index in [1.165, 1.54) is 6.07 Å². The zero-order valence-corrected chi connectivity index (χ0v) is 10.8. The first-order valence-corrected chi connectivity index (χ1v) is 6.22. The summed E-state index contributed by atoms with van der Waals surface area (Å²) >= 11 is 5.83. The molecule has 1 aliphatic rings. The van der Waals surface area contributed by atoms with Crippen LogP contribution in [0.2, 0.25) is 5.02 Å². The Labute approximate surface area is 114 Å². The zero-order chi connectivity index (χ0) is 14.1. The van der Waals surface area contributed by atoms with Gasteiger partial charge in [-0.25, -0.2) is 0 Å². The van der Waals surface area contributed by atoms with Gasteiger partial charge >= 0.3 is 6.18 Å². The number of hydrogen-bond donors (Lipinski definition) is 1. The monoisotopic (exact) mass is 288 g/mol. The number of anilines is 1. The number of benzene rings is 1. The maximum Gasteiger partial charge on any atom is 0.416 e. The van der Waals surface area contributed by atoms with Crippen molar-refractivity contribution >= 4 is 17.3 Å². The minimum Gasteiger partial charge on any atom is -0.383 e. The van der Waals surface area contributed by atoms with Crippen molar-refractivity contribution in [1.82, 2.24) is 0 Å². The molecule has 0 aromatic heterocycles. The molecule has 0 saturated heterocycles. The van der Waals surface area contributed by atoms with Crippen LogP contribution in [0, 0.1) is 16.7 Å². The largest absolute Gasteiger partial charge is 0.416 e. The second-order valence-corrected chi connectivity index (χ2v) is 5.29. The van der Waals surface area contributed by atoms with E-state index in [-0.39, 0.29) is 10.4 Å². The van der Waals surface area contributed by atoms with Gasteiger partial charge in [0, 0.05) is 18.4 Å². The number of halogens is 4. The fourth-order valence-corrected chi connectivity index (χ4v) is 2.13. The first kappa shape index (κ1) is 14.0. The highest BCUT2D eigenvalue weighted by atomic mass is 35.5. The van der Waals surface area contributed by atoms with Crippen LogP contribution in [0.15, 0.2) is 18.2 Å². The van der Waals surface area contributed by atoms with Crippen LogP contribution in [0.4, 0.5) is 18.9 Å². The van der Waals surface area contributed by atoms with Crippen molar-refractivity contribution in [2.45, 2.75) is 25.4 Å². The SMILES string of the molecule is N#CCC1(CNc2ccc(C(F)(F)F)cc2Cl)CC1. The molecule has 1 N–H and O–H groups in total. The Balaban J connectivity index is 2.04. The summed E-state index contributed by atoms with van der Waals surface area (Å²) in [4.78, 5) is 0. The number of rotatable bonds is 4. The van der Waals surface area contributed by atoms with E-state index in [1.54, 1.807) is 0 Å². The van der Waals surface area contributed by atoms with Crippen molar-refractivity contribution in [3.63, 3.8) is 0 Å². The average Bonchev–Trinajstić information content (AvgIpc) is 3.07. The second-order valence-electron chi connectivity index (χ2n) is 4.88. The molecular weight excluding hydrogens is 277 g/mol. The van der Waals surface area contributed by atoms with Crippen LogP contribution in [0.25, 0.3) is 0 Å². The molecule has 2 nitrogen and oxygen atoms in total. The van der Waals surface area contributed by atoms with Gasteiger partial charge in [-0.15, -0.1) is 0 Å². The maximum atomic E-state index is 12.5. The van der Waals surface area contributed by atoms with Crippen molar-refractivity contribution in [2.75, 3.05) is 11.9 Å². The maximum absolute atomic E-state index is 12.5. The molecule has 0 aliphatic heterocycles. The molecule has 0 radical (unpaired) electrons. The number of nitrogens with one attached hydrogen (secondary N) is 1. The fourth-order valence-electron chi connectivity index (χ4n) is 1.88. The van der Waals surface area contributed by atoms with Gasteiger partial charge in [-0.05, 0) is 31.0 Å². The molecule has 0 atom stereocenters. The lowest BCUT2D eigenvalue weighted by Crippen LogP contribution is -2.15. The molecular formula is C13H12ClF3N2. The molecule has 0 amide bonds. The van der Waals surface area contributed by atoms with Gasteiger partial charge in [-0.3, -0.25) is 0 Å². The fraction of sp³-hybridized carbons (Fsp3) is 0.462. The van der Waals surface area contributed by atoms with E-state index in [0.717, 1.165) is 25.0 Å². The Hall–Kier alpha value is -1.41. The van der Waals surface area contributed by atoms with Gasteiger partial charge in [0.15, 0.2) is 0 Å². The molecule has 19 heavy (non-hydrogen) atoms. The van der Waals surface area contributed by atoms with Gasteiger partial charge in [0.2, 0.25) is 0 Å². The van der Waals surface area contributed by atoms with E-state index in [9.17, 15) is 13.2 Å². The normalized spacial score (nSPS) is 16.8. The van der Waals surface area contributed by atoms with Crippen LogP contribution in [0.1, 0.15) is 24.8 Å². The van der Waals surface area contributed by atoms with Gasteiger partial charge in [0.05, 0.1) is 22.3 Å². The Bertz CT molecular complexity index is 516. The van der Waals surface area contributed by atoms with E-state index in [4.69, 9.17) is 16.9 Å². The minimum atomic E-state index is -4.39. The summed E-state index contributed by atoms with van der Waals surface area (Å²) in [6.07, 6.45) is -2.00. The van der Waals surface area contributed by atoms with Crippen LogP contribution in [0.5, 0.6) is 0 Å². The molecule has 1 fully saturated rings. The Kier molecular flexibility index (Phi) is 3.64. The molecule has 1 aliphatic carbocycles. The summed E-state index contributed by atoms with van der Waals surface area (Å²) in [5.74, 6) is 0. The van der Waals surface area contributed by atoms with E-state index in [2.05, 4.69) is 11.4 Å². The zero-order valence-electron chi connectivity index (χ0n) is 10.0. The van der Waals surface area contributed by atoms with Gasteiger partial charge in [-0.1, -0.05) is 11.6 Å². The van der Waals surface area contributed by atoms with Crippen LogP contribution >= 0.6 is 11.6 Å². The minimum absolute atomic E-state index is 0.0270. The smallest absolute Gasteiger partial charge is 0.383 e. The van der Waals surface area contributed by atoms with Gasteiger partial charge < -0.3 is 5.32 Å². The Morgan fingerprint density at radius 2 is 2.05 bits per heavy atom. The molecule has 0 heterocycles. The van der Waals surface area contributed by atoms with Gasteiger partial charge in [0.25, 0.3) is 0 Å². The molecule has 0 spiro atoms. The van der Waals surface area contributed by atoms with Gasteiger partial charge in [-0.2, -0.15) is 18.4 Å². The summed E-state index contributed by atoms with van der Waals surface area (Å²) in [6, 6.07) is 5.36. The number of hydrogen-bond acceptors (Lipinski definition) is 2. The summed E-state index contributed by atoms with van der Waals surface area (Å²) in [6.45, 7) is 0.561. The predicted octanol–water partition coefficient (Wildman–Crippen LogP) is 4.46. The van der Waals surface area contributed by atoms with Crippen molar-refractivity contribution in [2.24, 2.45) is 5.41 Å². The highest BCUT2D eigenvalue weighted by Gasteiger charge is 2.42. The number of alkyl halides is 3. The van der Waals surface area contributed by atoms with Crippen molar-refractivity contribution in [3.8, 4) is 6.07 Å². The molecule has 0 bridgehead atoms. The van der Waals surface area contributed by atoms with Crippen LogP contribution in [-0.4, -0.2) is 6.54 Å². The lowest BCUT2D eigenvalue weighted by atomic mass is 10.0. The molecule has 1 aromatic rings. The third-order valence-electron chi connectivity index (χ3n) is 3.36. The first-order valence-electron chi connectivity index (χ1n) is 5.84. The summed E-state index contributed by atoms with van der Waals surface area (Å²) < 4.78 is 37.4. The van der Waals surface area contributed by atoms with E-state index < -0.39 is 11.7 Å². The molecule has 1 aromatic carbocycles. The van der Waals surface area contributed by atoms with Gasteiger partial charge in [0.1, 0.15) is 0 Å². The highest BCUT2D eigenvalue weighted by Crippen LogP contribution is 2.48. The van der Waals surface area contributed by atoms with E-state index in [1.807, 2.05) is 0 Å². The van der Waals surface area contributed by atoms with Crippen molar-refractivity contribution in [1.29, 1.82) is 5.26 Å². The predicted molar refractivity (Wildman–Crippen MR) is 66.8 cm³/mol. The first-order chi connectivity index (χ1) is 8.86. The lowest BCUT2D eigenvalue weighted by molar-refractivity contribution is -0.137. The van der Waals surface area contributed by atoms with Crippen LogP contribution in [-0.2, 0) is 6.18 Å². The van der Waals surface area contributed by atoms with Crippen molar-refractivity contribution < 1.29 is 13.2 Å². The summed E-state index contributed by atoms with van der Waals surface area (Å²) in [5, 5.41) is 11.8. The number of nitriles is 1. The summed E-state index contributed by atoms with van der Waals surface area (Å²) in [7, 11) is 0. The molecule has 1 saturated carbocycles. The topological polar surface area (TPSA) is 35.8 Å². The van der Waals surface area contributed by atoms with E-state index >= 15 is 0 Å². The van der Waals surface area contributed by atoms with Crippen LogP contribution < -0.4 is 5.32 Å². The molecule has 102 valence electrons. The Morgan fingerprint density at radius 1 is 1.37 bits per heavy atom. The third kappa shape index (κ3) is 3.32. The molecule has 0 unspecified atom stereocenters. The average molecular weight is 289 g/mol. The molecule has 6 heteroatoms. The second kappa shape index (κ2) is 4.93. The quantitative estimate of drug-likeness (QED) is 0.887. The standard InChI is InChI=1S/C13H12ClF3N2/c14-10-7-9(13(15,16)17)1-2-11(10)19-8-12(3-4-12)5-6-18/h1-2,7,19H,3-5,8H2. The van der Waals surface area contributed by atoms with Crippen molar-refractivity contribution in [3.05, 3.63) is 28.8 Å². The third-order valence-corrected chi connectivity index (χ3v) is 3.67. The molecule has 2 rings (SSSR count). The lowest BCUT2D eigenvalue weighted by Gasteiger charge is -2.15. The van der Waals surface area contributed by atoms with E-state index in [0.29, 0.717) is 18.7 Å². The number of nitrogens with zero attached hydrogens (tertiary/aromatic N) is 1.